The summed E-state index contributed by atoms with van der Waals surface area (Å²) < 4.78 is 0. The highest BCUT2D eigenvalue weighted by molar-refractivity contribution is 5.77. The van der Waals surface area contributed by atoms with Crippen LogP contribution in [-0.4, -0.2) is 45.4 Å². The van der Waals surface area contributed by atoms with E-state index >= 15 is 0 Å². The molecule has 0 bridgehead atoms. The maximum Gasteiger partial charge on any atom is 0.222 e. The Morgan fingerprint density at radius 3 is 2.92 bits per heavy atom. The van der Waals surface area contributed by atoms with Crippen LogP contribution in [0.2, 0.25) is 0 Å². The number of pyridine rings is 1. The van der Waals surface area contributed by atoms with E-state index in [1.165, 1.54) is 5.56 Å². The molecule has 2 aromatic rings. The van der Waals surface area contributed by atoms with Crippen LogP contribution in [0.1, 0.15) is 30.5 Å². The number of aryl methyl sites for hydroxylation is 1. The summed E-state index contributed by atoms with van der Waals surface area (Å²) in [6, 6.07) is 6.02. The van der Waals surface area contributed by atoms with E-state index in [-0.39, 0.29) is 11.9 Å². The fourth-order valence-corrected chi connectivity index (χ4v) is 3.48. The molecule has 1 atom stereocenters. The molecule has 124 valence electrons. The quantitative estimate of drug-likeness (QED) is 0.936. The molecule has 1 N–H and O–H groups in total. The lowest BCUT2D eigenvalue weighted by Crippen LogP contribution is -2.43. The molecule has 1 aliphatic carbocycles. The van der Waals surface area contributed by atoms with Gasteiger partial charge in [-0.05, 0) is 37.8 Å². The number of carbonyl (C=O) groups excluding carboxylic acids is 1. The van der Waals surface area contributed by atoms with E-state index in [0.717, 1.165) is 49.4 Å². The number of hydrogen-bond donors (Lipinski definition) is 1. The largest absolute Gasteiger partial charge is 0.365 e. The number of rotatable bonds is 3. The molecule has 0 spiro atoms. The van der Waals surface area contributed by atoms with Crippen molar-refractivity contribution in [1.29, 1.82) is 0 Å². The summed E-state index contributed by atoms with van der Waals surface area (Å²) in [6.07, 6.45) is 6.33. The zero-order valence-corrected chi connectivity index (χ0v) is 13.8. The summed E-state index contributed by atoms with van der Waals surface area (Å²) in [7, 11) is 1.86. The maximum atomic E-state index is 11.7. The van der Waals surface area contributed by atoms with Gasteiger partial charge in [-0.25, -0.2) is 9.97 Å². The van der Waals surface area contributed by atoms with Gasteiger partial charge >= 0.3 is 0 Å². The molecule has 3 heterocycles. The molecule has 0 radical (unpaired) electrons. The summed E-state index contributed by atoms with van der Waals surface area (Å²) in [6.45, 7) is 0.719. The number of nitrogens with zero attached hydrogens (tertiary/aromatic N) is 4. The predicted molar refractivity (Wildman–Crippen MR) is 91.6 cm³/mol. The molecule has 0 saturated carbocycles. The van der Waals surface area contributed by atoms with Crippen LogP contribution in [0.4, 0.5) is 5.82 Å². The van der Waals surface area contributed by atoms with Gasteiger partial charge in [0.05, 0.1) is 0 Å². The van der Waals surface area contributed by atoms with Crippen LogP contribution in [0, 0.1) is 0 Å². The van der Waals surface area contributed by atoms with E-state index in [4.69, 9.17) is 9.97 Å². The van der Waals surface area contributed by atoms with Gasteiger partial charge < -0.3 is 10.2 Å². The second kappa shape index (κ2) is 6.19. The minimum Gasteiger partial charge on any atom is -0.365 e. The Hall–Kier alpha value is -2.50. The second-order valence-electron chi connectivity index (χ2n) is 6.54. The summed E-state index contributed by atoms with van der Waals surface area (Å²) in [5.74, 6) is 1.82. The third kappa shape index (κ3) is 2.84. The molecule has 0 unspecified atom stereocenters. The highest BCUT2D eigenvalue weighted by atomic mass is 16.2. The lowest BCUT2D eigenvalue weighted by Gasteiger charge is -2.31. The number of aromatic nitrogens is 3. The topological polar surface area (TPSA) is 71.0 Å². The summed E-state index contributed by atoms with van der Waals surface area (Å²) in [4.78, 5) is 27.3. The van der Waals surface area contributed by atoms with Crippen molar-refractivity contribution >= 4 is 11.7 Å². The standard InChI is InChI=1S/C18H21N5O/c1-23-11-12(8-9-16(23)24)20-17-13-5-4-7-14(13)21-18(22-17)15-6-2-3-10-19-15/h2-3,6,10,12H,4-5,7-9,11H2,1H3,(H,20,21,22)/t12-/m1/s1. The van der Waals surface area contributed by atoms with Crippen molar-refractivity contribution in [3.63, 3.8) is 0 Å². The fourth-order valence-electron chi connectivity index (χ4n) is 3.48. The van der Waals surface area contributed by atoms with Crippen molar-refractivity contribution in [2.24, 2.45) is 0 Å². The minimum atomic E-state index is 0.218. The van der Waals surface area contributed by atoms with Crippen LogP contribution in [-0.2, 0) is 17.6 Å². The third-order valence-corrected chi connectivity index (χ3v) is 4.79. The first-order chi connectivity index (χ1) is 11.7. The van der Waals surface area contributed by atoms with Gasteiger partial charge in [0.15, 0.2) is 5.82 Å². The molecule has 6 heteroatoms. The molecule has 24 heavy (non-hydrogen) atoms. The predicted octanol–water partition coefficient (Wildman–Crippen LogP) is 2.06. The van der Waals surface area contributed by atoms with E-state index in [9.17, 15) is 4.79 Å². The van der Waals surface area contributed by atoms with Crippen LogP contribution < -0.4 is 5.32 Å². The van der Waals surface area contributed by atoms with Gasteiger partial charge in [-0.15, -0.1) is 0 Å². The number of hydrogen-bond acceptors (Lipinski definition) is 5. The van der Waals surface area contributed by atoms with Crippen molar-refractivity contribution in [2.45, 2.75) is 38.1 Å². The van der Waals surface area contributed by atoms with Gasteiger partial charge in [0.1, 0.15) is 11.5 Å². The SMILES string of the molecule is CN1C[C@H](Nc2nc(-c3ccccn3)nc3c2CCC3)CCC1=O. The first kappa shape index (κ1) is 15.1. The van der Waals surface area contributed by atoms with Crippen molar-refractivity contribution < 1.29 is 4.79 Å². The Bertz CT molecular complexity index is 762. The summed E-state index contributed by atoms with van der Waals surface area (Å²) in [5.41, 5.74) is 3.16. The highest BCUT2D eigenvalue weighted by Gasteiger charge is 2.26. The van der Waals surface area contributed by atoms with Crippen molar-refractivity contribution in [3.05, 3.63) is 35.7 Å². The Kier molecular flexibility index (Phi) is 3.88. The Morgan fingerprint density at radius 1 is 1.21 bits per heavy atom. The number of amides is 1. The number of likely N-dealkylation sites (tertiary alicyclic amines) is 1. The Labute approximate surface area is 141 Å². The number of piperidine rings is 1. The van der Waals surface area contributed by atoms with Gasteiger partial charge in [0, 0.05) is 43.5 Å². The smallest absolute Gasteiger partial charge is 0.222 e. The van der Waals surface area contributed by atoms with Crippen molar-refractivity contribution in [2.75, 3.05) is 18.9 Å². The van der Waals surface area contributed by atoms with Crippen molar-refractivity contribution in [1.82, 2.24) is 19.9 Å². The Morgan fingerprint density at radius 2 is 2.12 bits per heavy atom. The van der Waals surface area contributed by atoms with Crippen LogP contribution in [0.15, 0.2) is 24.4 Å². The van der Waals surface area contributed by atoms with Crippen LogP contribution in [0.5, 0.6) is 0 Å². The van der Waals surface area contributed by atoms with E-state index in [1.807, 2.05) is 25.2 Å². The first-order valence-corrected chi connectivity index (χ1v) is 8.52. The average Bonchev–Trinajstić information content (AvgIpc) is 3.08. The number of anilines is 1. The monoisotopic (exact) mass is 323 g/mol. The van der Waals surface area contributed by atoms with Gasteiger partial charge in [0.25, 0.3) is 0 Å². The molecule has 1 aliphatic heterocycles. The first-order valence-electron chi connectivity index (χ1n) is 8.52. The molecule has 1 fully saturated rings. The third-order valence-electron chi connectivity index (χ3n) is 4.79. The molecular weight excluding hydrogens is 302 g/mol. The van der Waals surface area contributed by atoms with Gasteiger partial charge in [-0.2, -0.15) is 0 Å². The van der Waals surface area contributed by atoms with Crippen LogP contribution in [0.25, 0.3) is 11.5 Å². The minimum absolute atomic E-state index is 0.218. The zero-order chi connectivity index (χ0) is 16.5. The normalized spacial score (nSPS) is 20.1. The second-order valence-corrected chi connectivity index (χ2v) is 6.54. The molecule has 2 aromatic heterocycles. The molecular formula is C18H21N5O. The molecule has 1 amide bonds. The zero-order valence-electron chi connectivity index (χ0n) is 13.8. The van der Waals surface area contributed by atoms with Crippen LogP contribution >= 0.6 is 0 Å². The van der Waals surface area contributed by atoms with E-state index in [2.05, 4.69) is 10.3 Å². The number of likely N-dealkylation sites (N-methyl/N-ethyl adjacent to an activating group) is 1. The number of fused-ring (bicyclic) bond motifs is 1. The lowest BCUT2D eigenvalue weighted by molar-refractivity contribution is -0.132. The molecule has 1 saturated heterocycles. The van der Waals surface area contributed by atoms with E-state index in [0.29, 0.717) is 12.2 Å². The van der Waals surface area contributed by atoms with Gasteiger partial charge in [0.2, 0.25) is 5.91 Å². The fraction of sp³-hybridized carbons (Fsp3) is 0.444. The maximum absolute atomic E-state index is 11.7. The van der Waals surface area contributed by atoms with Crippen LogP contribution in [0.3, 0.4) is 0 Å². The van der Waals surface area contributed by atoms with Gasteiger partial charge in [-0.3, -0.25) is 9.78 Å². The molecule has 4 rings (SSSR count). The highest BCUT2D eigenvalue weighted by Crippen LogP contribution is 2.29. The summed E-state index contributed by atoms with van der Waals surface area (Å²) >= 11 is 0. The van der Waals surface area contributed by atoms with E-state index < -0.39 is 0 Å². The number of carbonyl (C=O) groups is 1. The average molecular weight is 323 g/mol. The molecule has 2 aliphatic rings. The molecule has 0 aromatic carbocycles. The number of nitrogens with one attached hydrogen (secondary N) is 1. The lowest BCUT2D eigenvalue weighted by atomic mass is 10.1. The summed E-state index contributed by atoms with van der Waals surface area (Å²) in [5, 5.41) is 3.57. The molecule has 6 nitrogen and oxygen atoms in total. The van der Waals surface area contributed by atoms with Crippen molar-refractivity contribution in [3.8, 4) is 11.5 Å². The Balaban J connectivity index is 1.65. The van der Waals surface area contributed by atoms with Gasteiger partial charge in [-0.1, -0.05) is 6.07 Å². The van der Waals surface area contributed by atoms with E-state index in [1.54, 1.807) is 11.1 Å².